The third-order valence-electron chi connectivity index (χ3n) is 6.86. The van der Waals surface area contributed by atoms with E-state index in [0.717, 1.165) is 37.3 Å². The summed E-state index contributed by atoms with van der Waals surface area (Å²) in [5.74, 6) is -1.48. The summed E-state index contributed by atoms with van der Waals surface area (Å²) in [6.45, 7) is 14.6. The molecule has 0 radical (unpaired) electrons. The van der Waals surface area contributed by atoms with Gasteiger partial charge >= 0.3 is 12.1 Å². The van der Waals surface area contributed by atoms with Crippen molar-refractivity contribution in [1.29, 1.82) is 0 Å². The zero-order chi connectivity index (χ0) is 29.4. The number of carbonyl (C=O) groups excluding carboxylic acids is 1. The van der Waals surface area contributed by atoms with Gasteiger partial charge in [0.1, 0.15) is 0 Å². The zero-order valence-electron chi connectivity index (χ0n) is 23.1. The Balaban J connectivity index is 0.000000673. The maximum absolute atomic E-state index is 13.7. The van der Waals surface area contributed by atoms with Gasteiger partial charge in [-0.05, 0) is 49.3 Å². The van der Waals surface area contributed by atoms with E-state index in [1.165, 1.54) is 6.42 Å². The fraction of sp³-hybridized carbons (Fsp3) is 0.692. The van der Waals surface area contributed by atoms with E-state index in [1.54, 1.807) is 10.4 Å². The SMILES string of the molecule is Cc1ccc(C)c(S(=O)(=O)N(CCC(=O)N2CCNCC2)CCN2CC(C)CC(C)C2)c1.O=C(O)C(F)(F)F. The molecule has 2 fully saturated rings. The Morgan fingerprint density at radius 3 is 2.18 bits per heavy atom. The normalized spacial score (nSPS) is 20.9. The van der Waals surface area contributed by atoms with Crippen molar-refractivity contribution >= 4 is 21.9 Å². The topological polar surface area (TPSA) is 110 Å². The molecule has 0 aromatic heterocycles. The molecule has 1 aromatic carbocycles. The quantitative estimate of drug-likeness (QED) is 0.488. The molecule has 13 heteroatoms. The van der Waals surface area contributed by atoms with Crippen molar-refractivity contribution in [1.82, 2.24) is 19.4 Å². The highest BCUT2D eigenvalue weighted by atomic mass is 32.2. The molecule has 2 N–H and O–H groups in total. The average molecular weight is 579 g/mol. The largest absolute Gasteiger partial charge is 0.490 e. The molecular weight excluding hydrogens is 537 g/mol. The van der Waals surface area contributed by atoms with Crippen LogP contribution in [-0.2, 0) is 19.6 Å². The van der Waals surface area contributed by atoms with Gasteiger partial charge in [0.05, 0.1) is 4.90 Å². The number of carboxylic acid groups (broad SMARTS) is 1. The first kappa shape index (κ1) is 33.0. The second-order valence-electron chi connectivity index (χ2n) is 10.6. The van der Waals surface area contributed by atoms with Gasteiger partial charge in [0, 0.05) is 65.3 Å². The number of carboxylic acids is 1. The van der Waals surface area contributed by atoms with Crippen LogP contribution in [0.15, 0.2) is 23.1 Å². The van der Waals surface area contributed by atoms with E-state index in [-0.39, 0.29) is 18.9 Å². The van der Waals surface area contributed by atoms with Crippen LogP contribution in [0.1, 0.15) is 37.8 Å². The van der Waals surface area contributed by atoms with Crippen molar-refractivity contribution in [2.45, 2.75) is 51.6 Å². The van der Waals surface area contributed by atoms with Crippen LogP contribution in [0.5, 0.6) is 0 Å². The van der Waals surface area contributed by atoms with Gasteiger partial charge < -0.3 is 20.2 Å². The standard InChI is InChI=1S/C24H40N4O3S.C2HF3O2/c1-19-5-6-22(4)23(16-19)32(30,31)28(10-7-24(29)27-11-8-25-9-12-27)14-13-26-17-20(2)15-21(3)18-26;3-2(4,5)1(6)7/h5-6,16,20-21,25H,7-15,17-18H2,1-4H3;(H,6,7). The number of aryl methyl sites for hydroxylation is 2. The third kappa shape index (κ3) is 10.4. The van der Waals surface area contributed by atoms with E-state index in [9.17, 15) is 26.4 Å². The second-order valence-corrected chi connectivity index (χ2v) is 12.5. The lowest BCUT2D eigenvalue weighted by molar-refractivity contribution is -0.192. The van der Waals surface area contributed by atoms with Crippen LogP contribution in [0.25, 0.3) is 0 Å². The molecule has 9 nitrogen and oxygen atoms in total. The molecule has 39 heavy (non-hydrogen) atoms. The molecule has 2 heterocycles. The van der Waals surface area contributed by atoms with Gasteiger partial charge in [-0.15, -0.1) is 0 Å². The van der Waals surface area contributed by atoms with Gasteiger partial charge in [-0.1, -0.05) is 26.0 Å². The number of benzene rings is 1. The molecule has 1 amide bonds. The van der Waals surface area contributed by atoms with Crippen LogP contribution in [0.4, 0.5) is 13.2 Å². The molecular formula is C26H41F3N4O5S. The van der Waals surface area contributed by atoms with E-state index in [0.29, 0.717) is 42.9 Å². The number of amides is 1. The highest BCUT2D eigenvalue weighted by Crippen LogP contribution is 2.24. The average Bonchev–Trinajstić information content (AvgIpc) is 2.84. The summed E-state index contributed by atoms with van der Waals surface area (Å²) in [4.78, 5) is 26.2. The Morgan fingerprint density at radius 2 is 1.64 bits per heavy atom. The fourth-order valence-electron chi connectivity index (χ4n) is 5.00. The molecule has 1 aromatic rings. The van der Waals surface area contributed by atoms with E-state index < -0.39 is 22.2 Å². The van der Waals surface area contributed by atoms with Crippen LogP contribution in [0, 0.1) is 25.7 Å². The second kappa shape index (κ2) is 14.4. The number of hydrogen-bond acceptors (Lipinski definition) is 6. The number of hydrogen-bond donors (Lipinski definition) is 2. The summed E-state index contributed by atoms with van der Waals surface area (Å²) in [6.07, 6.45) is -3.64. The minimum atomic E-state index is -5.08. The Hall–Kier alpha value is -2.22. The number of sulfonamides is 1. The van der Waals surface area contributed by atoms with Crippen LogP contribution in [0.3, 0.4) is 0 Å². The number of piperazine rings is 1. The van der Waals surface area contributed by atoms with Crippen molar-refractivity contribution in [2.75, 3.05) is 58.9 Å². The Morgan fingerprint density at radius 1 is 1.08 bits per heavy atom. The predicted octanol–water partition coefficient (Wildman–Crippen LogP) is 2.73. The lowest BCUT2D eigenvalue weighted by atomic mass is 9.92. The summed E-state index contributed by atoms with van der Waals surface area (Å²) in [6, 6.07) is 5.55. The molecule has 2 atom stereocenters. The van der Waals surface area contributed by atoms with Crippen molar-refractivity contribution in [3.05, 3.63) is 29.3 Å². The molecule has 0 saturated carbocycles. The smallest absolute Gasteiger partial charge is 0.475 e. The van der Waals surface area contributed by atoms with Gasteiger partial charge in [0.15, 0.2) is 0 Å². The molecule has 0 aliphatic carbocycles. The number of nitrogens with one attached hydrogen (secondary N) is 1. The highest BCUT2D eigenvalue weighted by Gasteiger charge is 2.38. The van der Waals surface area contributed by atoms with Crippen molar-refractivity contribution in [3.8, 4) is 0 Å². The zero-order valence-corrected chi connectivity index (χ0v) is 23.9. The number of piperidine rings is 1. The van der Waals surface area contributed by atoms with Gasteiger partial charge in [-0.2, -0.15) is 17.5 Å². The van der Waals surface area contributed by atoms with Gasteiger partial charge in [0.2, 0.25) is 15.9 Å². The van der Waals surface area contributed by atoms with Gasteiger partial charge in [-0.25, -0.2) is 13.2 Å². The molecule has 0 bridgehead atoms. The minimum Gasteiger partial charge on any atom is -0.475 e. The first-order chi connectivity index (χ1) is 18.1. The number of carbonyl (C=O) groups is 2. The maximum atomic E-state index is 13.7. The maximum Gasteiger partial charge on any atom is 0.490 e. The van der Waals surface area contributed by atoms with E-state index in [4.69, 9.17) is 9.90 Å². The molecule has 2 unspecified atom stereocenters. The first-order valence-corrected chi connectivity index (χ1v) is 14.6. The Bertz CT molecular complexity index is 1070. The summed E-state index contributed by atoms with van der Waals surface area (Å²) in [5.41, 5.74) is 1.67. The molecule has 3 rings (SSSR count). The fourth-order valence-corrected chi connectivity index (χ4v) is 6.74. The van der Waals surface area contributed by atoms with Crippen molar-refractivity contribution in [2.24, 2.45) is 11.8 Å². The van der Waals surface area contributed by atoms with E-state index in [1.807, 2.05) is 30.9 Å². The van der Waals surface area contributed by atoms with Crippen LogP contribution >= 0.6 is 0 Å². The highest BCUT2D eigenvalue weighted by molar-refractivity contribution is 7.89. The number of alkyl halides is 3. The van der Waals surface area contributed by atoms with Crippen molar-refractivity contribution in [3.63, 3.8) is 0 Å². The number of likely N-dealkylation sites (tertiary alicyclic amines) is 1. The summed E-state index contributed by atoms with van der Waals surface area (Å²) in [5, 5.41) is 10.4. The first-order valence-electron chi connectivity index (χ1n) is 13.2. The monoisotopic (exact) mass is 578 g/mol. The summed E-state index contributed by atoms with van der Waals surface area (Å²) in [7, 11) is -3.68. The van der Waals surface area contributed by atoms with E-state index in [2.05, 4.69) is 24.1 Å². The molecule has 222 valence electrons. The van der Waals surface area contributed by atoms with E-state index >= 15 is 0 Å². The van der Waals surface area contributed by atoms with Gasteiger partial charge in [0.25, 0.3) is 0 Å². The number of aliphatic carboxylic acids is 1. The third-order valence-corrected chi connectivity index (χ3v) is 8.90. The van der Waals surface area contributed by atoms with Crippen LogP contribution in [-0.4, -0.2) is 105 Å². The summed E-state index contributed by atoms with van der Waals surface area (Å²) >= 11 is 0. The lowest BCUT2D eigenvalue weighted by Gasteiger charge is -2.36. The van der Waals surface area contributed by atoms with Gasteiger partial charge in [-0.3, -0.25) is 4.79 Å². The molecule has 2 aliphatic heterocycles. The molecule has 2 saturated heterocycles. The predicted molar refractivity (Wildman–Crippen MR) is 142 cm³/mol. The van der Waals surface area contributed by atoms with Crippen molar-refractivity contribution < 1.29 is 36.3 Å². The lowest BCUT2D eigenvalue weighted by Crippen LogP contribution is -2.48. The minimum absolute atomic E-state index is 0.0351. The summed E-state index contributed by atoms with van der Waals surface area (Å²) < 4.78 is 60.6. The molecule has 0 spiro atoms. The number of rotatable bonds is 8. The Labute approximate surface area is 229 Å². The van der Waals surface area contributed by atoms with Crippen LogP contribution < -0.4 is 5.32 Å². The Kier molecular flexibility index (Phi) is 12.2. The number of nitrogens with zero attached hydrogens (tertiary/aromatic N) is 3. The number of halogens is 3. The molecule has 2 aliphatic rings. The van der Waals surface area contributed by atoms with Crippen LogP contribution in [0.2, 0.25) is 0 Å².